The Balaban J connectivity index is 2.50. The van der Waals surface area contributed by atoms with E-state index in [1.807, 2.05) is 0 Å². The zero-order valence-corrected chi connectivity index (χ0v) is 10.7. The highest BCUT2D eigenvalue weighted by molar-refractivity contribution is 6.02. The van der Waals surface area contributed by atoms with Crippen molar-refractivity contribution < 1.29 is 14.8 Å². The molecule has 1 saturated carbocycles. The monoisotopic (exact) mass is 256 g/mol. The number of carbonyl (C=O) groups excluding carboxylic acids is 2. The van der Waals surface area contributed by atoms with Gasteiger partial charge in [0.05, 0.1) is 12.5 Å². The number of amides is 2. The zero-order valence-electron chi connectivity index (χ0n) is 10.7. The Morgan fingerprint density at radius 2 is 2.17 bits per heavy atom. The van der Waals surface area contributed by atoms with Crippen molar-refractivity contribution in [3.63, 3.8) is 0 Å². The molecule has 7 nitrogen and oxygen atoms in total. The Kier molecular flexibility index (Phi) is 4.94. The van der Waals surface area contributed by atoms with E-state index >= 15 is 0 Å². The molecule has 0 bridgehead atoms. The number of hydrogen-bond donors (Lipinski definition) is 3. The molecule has 0 aliphatic heterocycles. The number of nitrogens with two attached hydrogens (primary N) is 1. The van der Waals surface area contributed by atoms with Crippen molar-refractivity contribution in [2.45, 2.75) is 32.2 Å². The summed E-state index contributed by atoms with van der Waals surface area (Å²) in [5.74, 6) is -1.31. The van der Waals surface area contributed by atoms with Crippen LogP contribution < -0.4 is 11.1 Å². The van der Waals surface area contributed by atoms with Crippen molar-refractivity contribution >= 4 is 17.6 Å². The van der Waals surface area contributed by atoms with E-state index in [2.05, 4.69) is 10.5 Å². The molecule has 7 heteroatoms. The van der Waals surface area contributed by atoms with Gasteiger partial charge >= 0.3 is 0 Å². The minimum atomic E-state index is -0.686. The summed E-state index contributed by atoms with van der Waals surface area (Å²) < 4.78 is 0. The molecule has 0 saturated heterocycles. The number of oxime groups is 1. The second-order valence-electron chi connectivity index (χ2n) is 4.52. The zero-order chi connectivity index (χ0) is 13.7. The Bertz CT molecular complexity index is 352. The van der Waals surface area contributed by atoms with Crippen LogP contribution in [0.5, 0.6) is 0 Å². The molecule has 1 unspecified atom stereocenters. The van der Waals surface area contributed by atoms with Crippen LogP contribution in [-0.2, 0) is 9.59 Å². The van der Waals surface area contributed by atoms with E-state index in [4.69, 9.17) is 10.9 Å². The summed E-state index contributed by atoms with van der Waals surface area (Å²) >= 11 is 0. The Morgan fingerprint density at radius 3 is 2.61 bits per heavy atom. The molecule has 1 fully saturated rings. The van der Waals surface area contributed by atoms with Crippen molar-refractivity contribution in [2.24, 2.45) is 16.8 Å². The van der Waals surface area contributed by atoms with Crippen LogP contribution >= 0.6 is 0 Å². The minimum absolute atomic E-state index is 0.00938. The van der Waals surface area contributed by atoms with Gasteiger partial charge in [-0.3, -0.25) is 9.59 Å². The molecule has 0 aromatic carbocycles. The second-order valence-corrected chi connectivity index (χ2v) is 4.52. The van der Waals surface area contributed by atoms with Gasteiger partial charge in [-0.05, 0) is 19.3 Å². The average Bonchev–Trinajstić information content (AvgIpc) is 3.12. The topological polar surface area (TPSA) is 108 Å². The molecule has 0 heterocycles. The van der Waals surface area contributed by atoms with Gasteiger partial charge in [0.25, 0.3) is 0 Å². The first-order valence-electron chi connectivity index (χ1n) is 6.01. The third-order valence-corrected chi connectivity index (χ3v) is 2.88. The fourth-order valence-electron chi connectivity index (χ4n) is 1.64. The fraction of sp³-hybridized carbons (Fsp3) is 0.727. The van der Waals surface area contributed by atoms with Crippen molar-refractivity contribution in [1.82, 2.24) is 10.2 Å². The first kappa shape index (κ1) is 14.3. The average molecular weight is 256 g/mol. The van der Waals surface area contributed by atoms with Gasteiger partial charge in [-0.15, -0.1) is 0 Å². The predicted molar refractivity (Wildman–Crippen MR) is 66.0 cm³/mol. The molecule has 0 aromatic rings. The SMILES string of the molecule is CCC(C(=O)N(C)CC(=O)NC1CC1)C(N)=NO. The van der Waals surface area contributed by atoms with Gasteiger partial charge in [0.15, 0.2) is 5.84 Å². The maximum Gasteiger partial charge on any atom is 0.239 e. The number of nitrogens with one attached hydrogen (secondary N) is 1. The van der Waals surface area contributed by atoms with Crippen molar-refractivity contribution in [3.8, 4) is 0 Å². The van der Waals surface area contributed by atoms with Crippen LogP contribution in [0.15, 0.2) is 5.16 Å². The molecule has 2 amide bonds. The van der Waals surface area contributed by atoms with E-state index in [0.29, 0.717) is 6.42 Å². The van der Waals surface area contributed by atoms with Crippen LogP contribution in [0.4, 0.5) is 0 Å². The van der Waals surface area contributed by atoms with Gasteiger partial charge in [0.2, 0.25) is 11.8 Å². The maximum atomic E-state index is 12.0. The highest BCUT2D eigenvalue weighted by Crippen LogP contribution is 2.18. The number of likely N-dealkylation sites (N-methyl/N-ethyl adjacent to an activating group) is 1. The van der Waals surface area contributed by atoms with Crippen LogP contribution in [0.2, 0.25) is 0 Å². The molecular weight excluding hydrogens is 236 g/mol. The Hall–Kier alpha value is -1.79. The molecule has 1 aliphatic rings. The van der Waals surface area contributed by atoms with Crippen molar-refractivity contribution in [3.05, 3.63) is 0 Å². The highest BCUT2D eigenvalue weighted by atomic mass is 16.4. The van der Waals surface area contributed by atoms with E-state index in [0.717, 1.165) is 12.8 Å². The number of amidine groups is 1. The highest BCUT2D eigenvalue weighted by Gasteiger charge is 2.27. The molecule has 0 aromatic heterocycles. The third-order valence-electron chi connectivity index (χ3n) is 2.88. The van der Waals surface area contributed by atoms with Gasteiger partial charge < -0.3 is 21.2 Å². The van der Waals surface area contributed by atoms with Crippen LogP contribution in [0, 0.1) is 5.92 Å². The summed E-state index contributed by atoms with van der Waals surface area (Å²) in [5, 5.41) is 14.2. The normalized spacial score (nSPS) is 17.1. The van der Waals surface area contributed by atoms with Crippen molar-refractivity contribution in [1.29, 1.82) is 0 Å². The molecule has 0 radical (unpaired) electrons. The van der Waals surface area contributed by atoms with Crippen LogP contribution in [0.3, 0.4) is 0 Å². The molecule has 18 heavy (non-hydrogen) atoms. The largest absolute Gasteiger partial charge is 0.409 e. The van der Waals surface area contributed by atoms with Crippen LogP contribution in [0.25, 0.3) is 0 Å². The van der Waals surface area contributed by atoms with Gasteiger partial charge in [0, 0.05) is 13.1 Å². The number of carbonyl (C=O) groups is 2. The summed E-state index contributed by atoms with van der Waals surface area (Å²) in [6, 6.07) is 0.270. The van der Waals surface area contributed by atoms with Gasteiger partial charge in [-0.25, -0.2) is 0 Å². The molecule has 1 rings (SSSR count). The van der Waals surface area contributed by atoms with Crippen LogP contribution in [-0.4, -0.2) is 47.4 Å². The van der Waals surface area contributed by atoms with Gasteiger partial charge in [-0.2, -0.15) is 0 Å². The van der Waals surface area contributed by atoms with E-state index in [1.165, 1.54) is 11.9 Å². The molecule has 102 valence electrons. The van der Waals surface area contributed by atoms with E-state index in [-0.39, 0.29) is 30.2 Å². The standard InChI is InChI=1S/C11H20N4O3/c1-3-8(10(12)14-18)11(17)15(2)6-9(16)13-7-4-5-7/h7-8,18H,3-6H2,1-2H3,(H2,12,14)(H,13,16). The number of rotatable bonds is 6. The van der Waals surface area contributed by atoms with E-state index in [9.17, 15) is 9.59 Å². The first-order valence-corrected chi connectivity index (χ1v) is 6.01. The summed E-state index contributed by atoms with van der Waals surface area (Å²) in [4.78, 5) is 24.8. The van der Waals surface area contributed by atoms with Gasteiger partial charge in [0.1, 0.15) is 0 Å². The first-order chi connectivity index (χ1) is 8.49. The number of nitrogens with zero attached hydrogens (tertiary/aromatic N) is 2. The summed E-state index contributed by atoms with van der Waals surface area (Å²) in [6.07, 6.45) is 2.43. The quantitative estimate of drug-likeness (QED) is 0.257. The third kappa shape index (κ3) is 3.90. The Labute approximate surface area is 106 Å². The molecule has 4 N–H and O–H groups in total. The summed E-state index contributed by atoms with van der Waals surface area (Å²) in [5.41, 5.74) is 5.44. The fourth-order valence-corrected chi connectivity index (χ4v) is 1.64. The molecule has 1 aliphatic carbocycles. The van der Waals surface area contributed by atoms with E-state index < -0.39 is 5.92 Å². The second kappa shape index (κ2) is 6.23. The minimum Gasteiger partial charge on any atom is -0.409 e. The maximum absolute atomic E-state index is 12.0. The molecule has 0 spiro atoms. The van der Waals surface area contributed by atoms with Crippen LogP contribution in [0.1, 0.15) is 26.2 Å². The predicted octanol–water partition coefficient (Wildman–Crippen LogP) is -0.504. The number of hydrogen-bond acceptors (Lipinski definition) is 4. The lowest BCUT2D eigenvalue weighted by atomic mass is 10.0. The summed E-state index contributed by atoms with van der Waals surface area (Å²) in [7, 11) is 1.53. The lowest BCUT2D eigenvalue weighted by molar-refractivity contribution is -0.136. The lowest BCUT2D eigenvalue weighted by Crippen LogP contribution is -2.44. The Morgan fingerprint density at radius 1 is 1.56 bits per heavy atom. The smallest absolute Gasteiger partial charge is 0.239 e. The van der Waals surface area contributed by atoms with E-state index in [1.54, 1.807) is 6.92 Å². The lowest BCUT2D eigenvalue weighted by Gasteiger charge is -2.21. The van der Waals surface area contributed by atoms with Crippen molar-refractivity contribution in [2.75, 3.05) is 13.6 Å². The van der Waals surface area contributed by atoms with Gasteiger partial charge in [-0.1, -0.05) is 12.1 Å². The molecule has 1 atom stereocenters. The summed E-state index contributed by atoms with van der Waals surface area (Å²) in [6.45, 7) is 1.75. The molecular formula is C11H20N4O3.